The molecule has 2 N–H and O–H groups in total. The van der Waals surface area contributed by atoms with Crippen LogP contribution in [-0.2, 0) is 30.6 Å². The maximum atomic E-state index is 13.0. The molecule has 3 aromatic rings. The van der Waals surface area contributed by atoms with Crippen LogP contribution in [0.3, 0.4) is 0 Å². The first kappa shape index (κ1) is 20.4. The fourth-order valence-electron chi connectivity index (χ4n) is 3.71. The van der Waals surface area contributed by atoms with Crippen molar-refractivity contribution in [1.82, 2.24) is 14.8 Å². The van der Waals surface area contributed by atoms with E-state index in [0.29, 0.717) is 23.9 Å². The number of carbonyl (C=O) groups is 2. The number of rotatable bonds is 9. The number of amides is 1. The van der Waals surface area contributed by atoms with Crippen LogP contribution >= 0.6 is 11.8 Å². The molecule has 0 saturated carbocycles. The number of aryl methyl sites for hydroxylation is 3. The fourth-order valence-corrected chi connectivity index (χ4v) is 4.66. The van der Waals surface area contributed by atoms with Crippen molar-refractivity contribution in [2.45, 2.75) is 56.0 Å². The highest BCUT2D eigenvalue weighted by Gasteiger charge is 2.23. The molecule has 0 bridgehead atoms. The molecule has 156 valence electrons. The summed E-state index contributed by atoms with van der Waals surface area (Å²) in [5.41, 5.74) is 8.67. The minimum absolute atomic E-state index is 0.0703. The van der Waals surface area contributed by atoms with Crippen molar-refractivity contribution >= 4 is 23.5 Å². The van der Waals surface area contributed by atoms with Gasteiger partial charge in [0.25, 0.3) is 0 Å². The van der Waals surface area contributed by atoms with Crippen molar-refractivity contribution in [3.63, 3.8) is 0 Å². The molecule has 1 atom stereocenters. The summed E-state index contributed by atoms with van der Waals surface area (Å²) in [6, 6.07) is 9.72. The van der Waals surface area contributed by atoms with Gasteiger partial charge >= 0.3 is 0 Å². The van der Waals surface area contributed by atoms with Gasteiger partial charge in [0.05, 0.1) is 18.1 Å². The standard InChI is InChI=1S/C22H24N4O3S/c1-14(21(28)17-8-7-15-4-2-5-16(15)12-17)30-22-25-24-20(10-9-19(23)27)26(22)13-18-6-3-11-29-18/h3,6-8,11-12,14H,2,4-5,9-10,13H2,1H3,(H2,23,27)/t14-/m1/s1. The minimum atomic E-state index is -0.392. The summed E-state index contributed by atoms with van der Waals surface area (Å²) < 4.78 is 7.35. The highest BCUT2D eigenvalue weighted by molar-refractivity contribution is 8.00. The number of ketones is 1. The number of furan rings is 1. The van der Waals surface area contributed by atoms with Crippen LogP contribution in [0.15, 0.2) is 46.2 Å². The van der Waals surface area contributed by atoms with E-state index in [2.05, 4.69) is 16.3 Å². The predicted octanol–water partition coefficient (Wildman–Crippen LogP) is 3.19. The Morgan fingerprint density at radius 1 is 1.23 bits per heavy atom. The quantitative estimate of drug-likeness (QED) is 0.418. The zero-order valence-electron chi connectivity index (χ0n) is 16.8. The first-order valence-electron chi connectivity index (χ1n) is 10.1. The van der Waals surface area contributed by atoms with E-state index < -0.39 is 5.91 Å². The number of fused-ring (bicyclic) bond motifs is 1. The molecule has 2 aromatic heterocycles. The Kier molecular flexibility index (Phi) is 6.03. The van der Waals surface area contributed by atoms with Gasteiger partial charge < -0.3 is 10.2 Å². The number of benzene rings is 1. The second-order valence-electron chi connectivity index (χ2n) is 7.49. The topological polar surface area (TPSA) is 104 Å². The van der Waals surface area contributed by atoms with Gasteiger partial charge in [0, 0.05) is 18.4 Å². The molecular formula is C22H24N4O3S. The number of Topliss-reactive ketones (excluding diaryl/α,β-unsaturated/α-hetero) is 1. The Hall–Kier alpha value is -2.87. The molecule has 30 heavy (non-hydrogen) atoms. The number of primary amides is 1. The van der Waals surface area contributed by atoms with Crippen LogP contribution in [0.4, 0.5) is 0 Å². The minimum Gasteiger partial charge on any atom is -0.467 e. The summed E-state index contributed by atoms with van der Waals surface area (Å²) in [4.78, 5) is 24.2. The fraction of sp³-hybridized carbons (Fsp3) is 0.364. The van der Waals surface area contributed by atoms with Gasteiger partial charge in [0.2, 0.25) is 5.91 Å². The normalized spacial score (nSPS) is 13.9. The van der Waals surface area contributed by atoms with Crippen molar-refractivity contribution in [2.75, 3.05) is 0 Å². The molecule has 0 unspecified atom stereocenters. The lowest BCUT2D eigenvalue weighted by Crippen LogP contribution is -2.16. The average molecular weight is 425 g/mol. The Morgan fingerprint density at radius 2 is 2.07 bits per heavy atom. The number of thioether (sulfide) groups is 1. The Labute approximate surface area is 179 Å². The van der Waals surface area contributed by atoms with Gasteiger partial charge in [0.15, 0.2) is 10.9 Å². The summed E-state index contributed by atoms with van der Waals surface area (Å²) in [7, 11) is 0. The monoisotopic (exact) mass is 424 g/mol. The van der Waals surface area contributed by atoms with E-state index in [1.807, 2.05) is 35.8 Å². The molecule has 1 amide bonds. The molecule has 8 heteroatoms. The van der Waals surface area contributed by atoms with Crippen LogP contribution in [0.1, 0.15) is 52.8 Å². The van der Waals surface area contributed by atoms with Gasteiger partial charge in [-0.15, -0.1) is 10.2 Å². The Bertz CT molecular complexity index is 1060. The van der Waals surface area contributed by atoms with E-state index in [4.69, 9.17) is 10.2 Å². The highest BCUT2D eigenvalue weighted by atomic mass is 32.2. The van der Waals surface area contributed by atoms with E-state index in [9.17, 15) is 9.59 Å². The van der Waals surface area contributed by atoms with Gasteiger partial charge in [-0.25, -0.2) is 0 Å². The molecule has 0 spiro atoms. The van der Waals surface area contributed by atoms with Gasteiger partial charge in [-0.1, -0.05) is 23.9 Å². The van der Waals surface area contributed by atoms with Crippen LogP contribution < -0.4 is 5.73 Å². The van der Waals surface area contributed by atoms with Gasteiger partial charge in [-0.2, -0.15) is 0 Å². The summed E-state index contributed by atoms with van der Waals surface area (Å²) in [5, 5.41) is 8.80. The third-order valence-corrected chi connectivity index (χ3v) is 6.40. The highest BCUT2D eigenvalue weighted by Crippen LogP contribution is 2.28. The lowest BCUT2D eigenvalue weighted by atomic mass is 10.0. The first-order valence-corrected chi connectivity index (χ1v) is 10.9. The second kappa shape index (κ2) is 8.87. The zero-order chi connectivity index (χ0) is 21.1. The van der Waals surface area contributed by atoms with E-state index >= 15 is 0 Å². The van der Waals surface area contributed by atoms with Crippen molar-refractivity contribution in [1.29, 1.82) is 0 Å². The predicted molar refractivity (Wildman–Crippen MR) is 113 cm³/mol. The summed E-state index contributed by atoms with van der Waals surface area (Å²) in [6.07, 6.45) is 5.47. The summed E-state index contributed by atoms with van der Waals surface area (Å²) >= 11 is 1.37. The van der Waals surface area contributed by atoms with Crippen LogP contribution in [0.5, 0.6) is 0 Å². The molecule has 0 radical (unpaired) electrons. The van der Waals surface area contributed by atoms with Gasteiger partial charge in [-0.3, -0.25) is 14.2 Å². The average Bonchev–Trinajstić information content (AvgIpc) is 3.48. The maximum Gasteiger partial charge on any atom is 0.217 e. The molecule has 0 saturated heterocycles. The van der Waals surface area contributed by atoms with Crippen molar-refractivity contribution in [3.05, 3.63) is 64.9 Å². The number of aromatic nitrogens is 3. The smallest absolute Gasteiger partial charge is 0.217 e. The summed E-state index contributed by atoms with van der Waals surface area (Å²) in [5.74, 6) is 1.07. The van der Waals surface area contributed by atoms with Crippen LogP contribution in [0, 0.1) is 0 Å². The molecule has 2 heterocycles. The second-order valence-corrected chi connectivity index (χ2v) is 8.80. The Balaban J connectivity index is 1.53. The number of carbonyl (C=O) groups excluding carboxylic acids is 2. The molecule has 7 nitrogen and oxygen atoms in total. The van der Waals surface area contributed by atoms with E-state index in [1.165, 1.54) is 22.9 Å². The summed E-state index contributed by atoms with van der Waals surface area (Å²) in [6.45, 7) is 2.31. The van der Waals surface area contributed by atoms with E-state index in [0.717, 1.165) is 30.6 Å². The van der Waals surface area contributed by atoms with E-state index in [-0.39, 0.29) is 17.5 Å². The van der Waals surface area contributed by atoms with Crippen molar-refractivity contribution < 1.29 is 14.0 Å². The lowest BCUT2D eigenvalue weighted by Gasteiger charge is -2.13. The van der Waals surface area contributed by atoms with Crippen LogP contribution in [-0.4, -0.2) is 31.7 Å². The third-order valence-electron chi connectivity index (χ3n) is 5.32. The van der Waals surface area contributed by atoms with Gasteiger partial charge in [0.1, 0.15) is 11.6 Å². The largest absolute Gasteiger partial charge is 0.467 e. The SMILES string of the molecule is C[C@@H](Sc1nnc(CCC(N)=O)n1Cc1ccco1)C(=O)c1ccc2c(c1)CCC2. The number of hydrogen-bond donors (Lipinski definition) is 1. The van der Waals surface area contributed by atoms with E-state index in [1.54, 1.807) is 6.26 Å². The van der Waals surface area contributed by atoms with Crippen LogP contribution in [0.25, 0.3) is 0 Å². The number of nitrogens with two attached hydrogens (primary N) is 1. The lowest BCUT2D eigenvalue weighted by molar-refractivity contribution is -0.118. The molecule has 1 aliphatic carbocycles. The van der Waals surface area contributed by atoms with Crippen molar-refractivity contribution in [2.24, 2.45) is 5.73 Å². The maximum absolute atomic E-state index is 13.0. The number of hydrogen-bond acceptors (Lipinski definition) is 6. The van der Waals surface area contributed by atoms with Gasteiger partial charge in [-0.05, 0) is 55.5 Å². The molecule has 4 rings (SSSR count). The first-order chi connectivity index (χ1) is 14.5. The molecule has 1 aromatic carbocycles. The Morgan fingerprint density at radius 3 is 2.83 bits per heavy atom. The molecule has 0 aliphatic heterocycles. The van der Waals surface area contributed by atoms with Crippen molar-refractivity contribution in [3.8, 4) is 0 Å². The zero-order valence-corrected chi connectivity index (χ0v) is 17.7. The third kappa shape index (κ3) is 4.48. The van der Waals surface area contributed by atoms with Crippen LogP contribution in [0.2, 0.25) is 0 Å². The molecular weight excluding hydrogens is 400 g/mol. The molecule has 0 fully saturated rings. The molecule has 1 aliphatic rings. The number of nitrogens with zero attached hydrogens (tertiary/aromatic N) is 3.